The van der Waals surface area contributed by atoms with Crippen LogP contribution in [0.15, 0.2) is 24.3 Å². The van der Waals surface area contributed by atoms with Crippen LogP contribution in [0.4, 0.5) is 5.69 Å². The third-order valence-corrected chi connectivity index (χ3v) is 3.08. The zero-order valence-corrected chi connectivity index (χ0v) is 11.2. The molecular weight excluding hydrogens is 270 g/mol. The SMILES string of the molecule is COCCNS(=O)(=O)Nc1cccc(OCC#N)c1. The molecule has 0 aromatic heterocycles. The van der Waals surface area contributed by atoms with Crippen molar-refractivity contribution >= 4 is 15.9 Å². The van der Waals surface area contributed by atoms with Crippen molar-refractivity contribution in [1.29, 1.82) is 5.26 Å². The maximum Gasteiger partial charge on any atom is 0.299 e. The molecule has 104 valence electrons. The van der Waals surface area contributed by atoms with Crippen molar-refractivity contribution in [3.63, 3.8) is 0 Å². The highest BCUT2D eigenvalue weighted by Crippen LogP contribution is 2.17. The molecule has 0 aliphatic carbocycles. The van der Waals surface area contributed by atoms with E-state index in [9.17, 15) is 8.42 Å². The Bertz CT molecular complexity index is 539. The summed E-state index contributed by atoms with van der Waals surface area (Å²) in [5.41, 5.74) is 0.348. The van der Waals surface area contributed by atoms with Crippen LogP contribution in [0.25, 0.3) is 0 Å². The Morgan fingerprint density at radius 2 is 2.21 bits per heavy atom. The highest BCUT2D eigenvalue weighted by atomic mass is 32.2. The molecule has 0 aliphatic heterocycles. The summed E-state index contributed by atoms with van der Waals surface area (Å²) in [5.74, 6) is 0.415. The molecule has 0 bridgehead atoms. The molecule has 0 radical (unpaired) electrons. The third-order valence-electron chi connectivity index (χ3n) is 1.99. The maximum absolute atomic E-state index is 11.6. The number of hydrogen-bond donors (Lipinski definition) is 2. The lowest BCUT2D eigenvalue weighted by Crippen LogP contribution is -2.32. The number of nitrogens with one attached hydrogen (secondary N) is 2. The van der Waals surface area contributed by atoms with E-state index in [0.717, 1.165) is 0 Å². The molecule has 8 heteroatoms. The highest BCUT2D eigenvalue weighted by Gasteiger charge is 2.09. The van der Waals surface area contributed by atoms with Gasteiger partial charge in [0.25, 0.3) is 10.2 Å². The van der Waals surface area contributed by atoms with Crippen LogP contribution in [-0.4, -0.2) is 35.3 Å². The number of rotatable bonds is 8. The number of ether oxygens (including phenoxy) is 2. The summed E-state index contributed by atoms with van der Waals surface area (Å²) in [6.07, 6.45) is 0. The first-order valence-corrected chi connectivity index (χ1v) is 6.92. The van der Waals surface area contributed by atoms with Crippen molar-refractivity contribution in [2.75, 3.05) is 31.6 Å². The molecule has 0 unspecified atom stereocenters. The van der Waals surface area contributed by atoms with Crippen LogP contribution in [0.1, 0.15) is 0 Å². The highest BCUT2D eigenvalue weighted by molar-refractivity contribution is 7.90. The van der Waals surface area contributed by atoms with Gasteiger partial charge >= 0.3 is 0 Å². The quantitative estimate of drug-likeness (QED) is 0.677. The Kier molecular flexibility index (Phi) is 6.08. The number of hydrogen-bond acceptors (Lipinski definition) is 5. The number of benzene rings is 1. The van der Waals surface area contributed by atoms with Crippen LogP contribution in [0.5, 0.6) is 5.75 Å². The number of methoxy groups -OCH3 is 1. The minimum absolute atomic E-state index is 0.0949. The Balaban J connectivity index is 2.63. The van der Waals surface area contributed by atoms with Gasteiger partial charge < -0.3 is 9.47 Å². The van der Waals surface area contributed by atoms with Crippen molar-refractivity contribution in [2.24, 2.45) is 0 Å². The zero-order chi connectivity index (χ0) is 14.1. The van der Waals surface area contributed by atoms with Gasteiger partial charge in [-0.3, -0.25) is 4.72 Å². The minimum atomic E-state index is -3.64. The van der Waals surface area contributed by atoms with Crippen LogP contribution >= 0.6 is 0 Å². The molecule has 0 atom stereocenters. The zero-order valence-electron chi connectivity index (χ0n) is 10.4. The Hall–Kier alpha value is -1.82. The Morgan fingerprint density at radius 1 is 1.42 bits per heavy atom. The van der Waals surface area contributed by atoms with Gasteiger partial charge in [-0.25, -0.2) is 0 Å². The van der Waals surface area contributed by atoms with E-state index in [0.29, 0.717) is 11.4 Å². The lowest BCUT2D eigenvalue weighted by molar-refractivity contribution is 0.204. The molecule has 1 rings (SSSR count). The summed E-state index contributed by atoms with van der Waals surface area (Å²) in [5, 5.41) is 8.40. The summed E-state index contributed by atoms with van der Waals surface area (Å²) in [7, 11) is -2.16. The van der Waals surface area contributed by atoms with E-state index in [1.54, 1.807) is 18.2 Å². The smallest absolute Gasteiger partial charge is 0.299 e. The van der Waals surface area contributed by atoms with Crippen LogP contribution in [0.3, 0.4) is 0 Å². The van der Waals surface area contributed by atoms with Crippen molar-refractivity contribution < 1.29 is 17.9 Å². The first-order valence-electron chi connectivity index (χ1n) is 5.43. The number of nitrogens with zero attached hydrogens (tertiary/aromatic N) is 1. The maximum atomic E-state index is 11.6. The summed E-state index contributed by atoms with van der Waals surface area (Å²) < 4.78 is 37.7. The molecule has 0 saturated carbocycles. The van der Waals surface area contributed by atoms with Crippen LogP contribution in [-0.2, 0) is 14.9 Å². The molecular formula is C11H15N3O4S. The van der Waals surface area contributed by atoms with Crippen LogP contribution < -0.4 is 14.2 Å². The summed E-state index contributed by atoms with van der Waals surface area (Å²) in [6, 6.07) is 8.16. The van der Waals surface area contributed by atoms with E-state index in [1.165, 1.54) is 13.2 Å². The lowest BCUT2D eigenvalue weighted by atomic mass is 10.3. The predicted molar refractivity (Wildman–Crippen MR) is 70.0 cm³/mol. The molecule has 0 heterocycles. The normalized spacial score (nSPS) is 10.7. The number of anilines is 1. The first kappa shape index (κ1) is 15.2. The molecule has 0 fully saturated rings. The van der Waals surface area contributed by atoms with E-state index >= 15 is 0 Å². The second-order valence-corrected chi connectivity index (χ2v) is 4.97. The van der Waals surface area contributed by atoms with Crippen molar-refractivity contribution in [3.05, 3.63) is 24.3 Å². The summed E-state index contributed by atoms with van der Waals surface area (Å²) in [6.45, 7) is 0.366. The van der Waals surface area contributed by atoms with E-state index in [1.807, 2.05) is 6.07 Å². The van der Waals surface area contributed by atoms with Gasteiger partial charge in [0.2, 0.25) is 0 Å². The topological polar surface area (TPSA) is 100 Å². The van der Waals surface area contributed by atoms with Crippen LogP contribution in [0.2, 0.25) is 0 Å². The number of nitriles is 1. The van der Waals surface area contributed by atoms with Gasteiger partial charge in [0, 0.05) is 19.7 Å². The average molecular weight is 285 g/mol. The van der Waals surface area contributed by atoms with Gasteiger partial charge in [0.1, 0.15) is 11.8 Å². The molecule has 1 aromatic carbocycles. The second kappa shape index (κ2) is 7.58. The summed E-state index contributed by atoms with van der Waals surface area (Å²) in [4.78, 5) is 0. The van der Waals surface area contributed by atoms with E-state index in [2.05, 4.69) is 9.44 Å². The van der Waals surface area contributed by atoms with E-state index in [4.69, 9.17) is 14.7 Å². The van der Waals surface area contributed by atoms with E-state index in [-0.39, 0.29) is 19.8 Å². The van der Waals surface area contributed by atoms with Crippen LogP contribution in [0, 0.1) is 11.3 Å². The monoisotopic (exact) mass is 285 g/mol. The molecule has 1 aromatic rings. The fourth-order valence-corrected chi connectivity index (χ4v) is 2.10. The van der Waals surface area contributed by atoms with Crippen molar-refractivity contribution in [1.82, 2.24) is 4.72 Å². The molecule has 7 nitrogen and oxygen atoms in total. The van der Waals surface area contributed by atoms with Gasteiger partial charge in [0.05, 0.1) is 12.3 Å². The first-order chi connectivity index (χ1) is 9.07. The molecule has 0 saturated heterocycles. The molecule has 0 aliphatic rings. The Labute approximate surface area is 112 Å². The van der Waals surface area contributed by atoms with Gasteiger partial charge in [-0.2, -0.15) is 18.4 Å². The average Bonchev–Trinajstić information content (AvgIpc) is 2.36. The van der Waals surface area contributed by atoms with Gasteiger partial charge in [-0.1, -0.05) is 6.07 Å². The van der Waals surface area contributed by atoms with Gasteiger partial charge in [-0.05, 0) is 12.1 Å². The largest absolute Gasteiger partial charge is 0.479 e. The van der Waals surface area contributed by atoms with Crippen molar-refractivity contribution in [3.8, 4) is 11.8 Å². The predicted octanol–water partition coefficient (Wildman–Crippen LogP) is 0.482. The molecule has 19 heavy (non-hydrogen) atoms. The molecule has 0 amide bonds. The Morgan fingerprint density at radius 3 is 2.89 bits per heavy atom. The molecule has 0 spiro atoms. The second-order valence-electron chi connectivity index (χ2n) is 3.47. The fraction of sp³-hybridized carbons (Fsp3) is 0.364. The third kappa shape index (κ3) is 6.05. The standard InChI is InChI=1S/C11H15N3O4S/c1-17-8-6-13-19(15,16)14-10-3-2-4-11(9-10)18-7-5-12/h2-4,9,13-14H,6-8H2,1H3. The van der Waals surface area contributed by atoms with Gasteiger partial charge in [0.15, 0.2) is 6.61 Å². The van der Waals surface area contributed by atoms with E-state index < -0.39 is 10.2 Å². The lowest BCUT2D eigenvalue weighted by Gasteiger charge is -2.10. The minimum Gasteiger partial charge on any atom is -0.479 e. The van der Waals surface area contributed by atoms with Crippen molar-refractivity contribution in [2.45, 2.75) is 0 Å². The summed E-state index contributed by atoms with van der Waals surface area (Å²) >= 11 is 0. The van der Waals surface area contributed by atoms with Gasteiger partial charge in [-0.15, -0.1) is 0 Å². The molecule has 2 N–H and O–H groups in total. The fourth-order valence-electron chi connectivity index (χ4n) is 1.23.